The highest BCUT2D eigenvalue weighted by molar-refractivity contribution is 5.82. The molecule has 0 aromatic heterocycles. The van der Waals surface area contributed by atoms with Crippen molar-refractivity contribution in [2.24, 2.45) is 0 Å². The molecule has 1 aromatic carbocycles. The summed E-state index contributed by atoms with van der Waals surface area (Å²) >= 11 is 0. The van der Waals surface area contributed by atoms with Gasteiger partial charge in [-0.1, -0.05) is 43.9 Å². The second-order valence-electron chi connectivity index (χ2n) is 6.06. The highest BCUT2D eigenvalue weighted by Crippen LogP contribution is 2.26. The average Bonchev–Trinajstić information content (AvgIpc) is 2.68. The molecule has 3 heteroatoms. The molecule has 0 saturated heterocycles. The molecule has 1 heterocycles. The number of amides is 1. The van der Waals surface area contributed by atoms with Crippen molar-refractivity contribution in [3.8, 4) is 0 Å². The maximum absolute atomic E-state index is 12.2. The SMILES string of the molecule is O=C(CN1CCc2ccccc21)NC1CCCCCC1. The lowest BCUT2D eigenvalue weighted by molar-refractivity contribution is -0.120. The first-order valence-corrected chi connectivity index (χ1v) is 7.95. The summed E-state index contributed by atoms with van der Waals surface area (Å²) in [6, 6.07) is 8.83. The lowest BCUT2D eigenvalue weighted by Crippen LogP contribution is -2.41. The predicted octanol–water partition coefficient (Wildman–Crippen LogP) is 2.89. The van der Waals surface area contributed by atoms with E-state index in [-0.39, 0.29) is 5.91 Å². The molecule has 1 aliphatic carbocycles. The summed E-state index contributed by atoms with van der Waals surface area (Å²) < 4.78 is 0. The van der Waals surface area contributed by atoms with Crippen molar-refractivity contribution in [1.82, 2.24) is 5.32 Å². The Balaban J connectivity index is 1.54. The lowest BCUT2D eigenvalue weighted by atomic mass is 10.1. The first-order valence-electron chi connectivity index (χ1n) is 7.95. The monoisotopic (exact) mass is 272 g/mol. The molecule has 0 bridgehead atoms. The van der Waals surface area contributed by atoms with Crippen LogP contribution in [0.1, 0.15) is 44.1 Å². The molecule has 0 spiro atoms. The van der Waals surface area contributed by atoms with Gasteiger partial charge in [-0.25, -0.2) is 0 Å². The molecule has 0 radical (unpaired) electrons. The topological polar surface area (TPSA) is 32.3 Å². The van der Waals surface area contributed by atoms with Gasteiger partial charge in [0.15, 0.2) is 0 Å². The van der Waals surface area contributed by atoms with Gasteiger partial charge in [-0.05, 0) is 30.9 Å². The van der Waals surface area contributed by atoms with Crippen molar-refractivity contribution < 1.29 is 4.79 Å². The van der Waals surface area contributed by atoms with Crippen LogP contribution in [0, 0.1) is 0 Å². The van der Waals surface area contributed by atoms with Crippen LogP contribution < -0.4 is 10.2 Å². The third-order valence-electron chi connectivity index (χ3n) is 4.54. The second-order valence-corrected chi connectivity index (χ2v) is 6.06. The molecule has 3 nitrogen and oxygen atoms in total. The van der Waals surface area contributed by atoms with E-state index >= 15 is 0 Å². The first-order chi connectivity index (χ1) is 9.83. The number of anilines is 1. The number of carbonyl (C=O) groups is 1. The number of carbonyl (C=O) groups excluding carboxylic acids is 1. The Bertz CT molecular complexity index is 464. The maximum Gasteiger partial charge on any atom is 0.239 e. The summed E-state index contributed by atoms with van der Waals surface area (Å²) in [7, 11) is 0. The van der Waals surface area contributed by atoms with E-state index in [0.29, 0.717) is 12.6 Å². The van der Waals surface area contributed by atoms with Gasteiger partial charge in [-0.2, -0.15) is 0 Å². The van der Waals surface area contributed by atoms with Crippen LogP contribution in [-0.4, -0.2) is 25.0 Å². The van der Waals surface area contributed by atoms with E-state index in [1.165, 1.54) is 36.9 Å². The Hall–Kier alpha value is -1.51. The average molecular weight is 272 g/mol. The number of hydrogen-bond acceptors (Lipinski definition) is 2. The molecule has 2 aliphatic rings. The van der Waals surface area contributed by atoms with Crippen LogP contribution in [0.25, 0.3) is 0 Å². The van der Waals surface area contributed by atoms with Crippen LogP contribution in [-0.2, 0) is 11.2 Å². The van der Waals surface area contributed by atoms with E-state index in [2.05, 4.69) is 34.5 Å². The fourth-order valence-corrected chi connectivity index (χ4v) is 3.44. The molecule has 0 atom stereocenters. The van der Waals surface area contributed by atoms with E-state index in [0.717, 1.165) is 25.8 Å². The molecule has 1 saturated carbocycles. The summed E-state index contributed by atoms with van der Waals surface area (Å²) in [5.74, 6) is 0.189. The van der Waals surface area contributed by atoms with E-state index in [9.17, 15) is 4.79 Å². The molecular formula is C17H24N2O. The second kappa shape index (κ2) is 6.29. The van der Waals surface area contributed by atoms with Crippen LogP contribution in [0.3, 0.4) is 0 Å². The summed E-state index contributed by atoms with van der Waals surface area (Å²) in [5.41, 5.74) is 2.61. The fraction of sp³-hybridized carbons (Fsp3) is 0.588. The molecule has 20 heavy (non-hydrogen) atoms. The number of rotatable bonds is 3. The normalized spacial score (nSPS) is 19.5. The zero-order valence-corrected chi connectivity index (χ0v) is 12.1. The van der Waals surface area contributed by atoms with Crippen molar-refractivity contribution in [1.29, 1.82) is 0 Å². The van der Waals surface area contributed by atoms with Crippen LogP contribution in [0.2, 0.25) is 0 Å². The number of fused-ring (bicyclic) bond motifs is 1. The van der Waals surface area contributed by atoms with Crippen LogP contribution >= 0.6 is 0 Å². The van der Waals surface area contributed by atoms with E-state index in [4.69, 9.17) is 0 Å². The number of nitrogens with zero attached hydrogens (tertiary/aromatic N) is 1. The number of hydrogen-bond donors (Lipinski definition) is 1. The Morgan fingerprint density at radius 1 is 1.15 bits per heavy atom. The third-order valence-corrected chi connectivity index (χ3v) is 4.54. The fourth-order valence-electron chi connectivity index (χ4n) is 3.44. The van der Waals surface area contributed by atoms with Crippen molar-refractivity contribution in [2.75, 3.05) is 18.0 Å². The van der Waals surface area contributed by atoms with E-state index in [1.54, 1.807) is 0 Å². The van der Waals surface area contributed by atoms with Gasteiger partial charge in [0.25, 0.3) is 0 Å². The van der Waals surface area contributed by atoms with Gasteiger partial charge < -0.3 is 10.2 Å². The summed E-state index contributed by atoms with van der Waals surface area (Å²) in [4.78, 5) is 14.4. The molecule has 1 aromatic rings. The summed E-state index contributed by atoms with van der Waals surface area (Å²) in [5, 5.41) is 3.24. The van der Waals surface area contributed by atoms with E-state index < -0.39 is 0 Å². The van der Waals surface area contributed by atoms with Crippen LogP contribution in [0.15, 0.2) is 24.3 Å². The van der Waals surface area contributed by atoms with Gasteiger partial charge >= 0.3 is 0 Å². The minimum Gasteiger partial charge on any atom is -0.362 e. The molecule has 1 fully saturated rings. The first kappa shape index (κ1) is 13.5. The largest absolute Gasteiger partial charge is 0.362 e. The third kappa shape index (κ3) is 3.14. The van der Waals surface area contributed by atoms with Crippen molar-refractivity contribution in [2.45, 2.75) is 51.0 Å². The maximum atomic E-state index is 12.2. The standard InChI is InChI=1S/C17H24N2O/c20-17(18-15-8-3-1-2-4-9-15)13-19-12-11-14-7-5-6-10-16(14)19/h5-7,10,15H,1-4,8-9,11-13H2,(H,18,20). The summed E-state index contributed by atoms with van der Waals surface area (Å²) in [6.45, 7) is 1.48. The van der Waals surface area contributed by atoms with Crippen LogP contribution in [0.5, 0.6) is 0 Å². The Morgan fingerprint density at radius 2 is 1.90 bits per heavy atom. The number of para-hydroxylation sites is 1. The van der Waals surface area contributed by atoms with Gasteiger partial charge in [-0.3, -0.25) is 4.79 Å². The summed E-state index contributed by atoms with van der Waals surface area (Å²) in [6.07, 6.45) is 8.55. The minimum atomic E-state index is 0.189. The smallest absolute Gasteiger partial charge is 0.239 e. The van der Waals surface area contributed by atoms with Gasteiger partial charge in [0, 0.05) is 18.3 Å². The van der Waals surface area contributed by atoms with Gasteiger partial charge in [0.1, 0.15) is 0 Å². The lowest BCUT2D eigenvalue weighted by Gasteiger charge is -2.22. The molecule has 0 unspecified atom stereocenters. The predicted molar refractivity (Wildman–Crippen MR) is 82.0 cm³/mol. The van der Waals surface area contributed by atoms with Gasteiger partial charge in [0.2, 0.25) is 5.91 Å². The quantitative estimate of drug-likeness (QED) is 0.858. The van der Waals surface area contributed by atoms with Crippen molar-refractivity contribution in [3.05, 3.63) is 29.8 Å². The highest BCUT2D eigenvalue weighted by atomic mass is 16.2. The van der Waals surface area contributed by atoms with Gasteiger partial charge in [-0.15, -0.1) is 0 Å². The molecule has 108 valence electrons. The van der Waals surface area contributed by atoms with Crippen molar-refractivity contribution in [3.63, 3.8) is 0 Å². The Kier molecular flexibility index (Phi) is 4.24. The van der Waals surface area contributed by atoms with Crippen LogP contribution in [0.4, 0.5) is 5.69 Å². The van der Waals surface area contributed by atoms with E-state index in [1.807, 2.05) is 0 Å². The molecule has 1 amide bonds. The van der Waals surface area contributed by atoms with Crippen molar-refractivity contribution >= 4 is 11.6 Å². The Morgan fingerprint density at radius 3 is 2.70 bits per heavy atom. The molecular weight excluding hydrogens is 248 g/mol. The molecule has 1 N–H and O–H groups in total. The molecule has 3 rings (SSSR count). The zero-order valence-electron chi connectivity index (χ0n) is 12.1. The highest BCUT2D eigenvalue weighted by Gasteiger charge is 2.22. The minimum absolute atomic E-state index is 0.189. The van der Waals surface area contributed by atoms with Gasteiger partial charge in [0.05, 0.1) is 6.54 Å². The zero-order chi connectivity index (χ0) is 13.8. The molecule has 1 aliphatic heterocycles. The Labute approximate surface area is 121 Å². The number of benzene rings is 1. The number of nitrogens with one attached hydrogen (secondary N) is 1.